The van der Waals surface area contributed by atoms with E-state index in [4.69, 9.17) is 9.84 Å². The Balaban J connectivity index is 2.10. The molecule has 20 heavy (non-hydrogen) atoms. The van der Waals surface area contributed by atoms with Gasteiger partial charge >= 0.3 is 12.0 Å². The van der Waals surface area contributed by atoms with Gasteiger partial charge in [0.2, 0.25) is 0 Å². The van der Waals surface area contributed by atoms with Crippen molar-refractivity contribution in [2.24, 2.45) is 0 Å². The van der Waals surface area contributed by atoms with E-state index in [0.717, 1.165) is 16.1 Å². The molecule has 0 saturated carbocycles. The summed E-state index contributed by atoms with van der Waals surface area (Å²) in [6.07, 6.45) is 5.42. The number of rotatable bonds is 4. The third-order valence-electron chi connectivity index (χ3n) is 2.41. The third-order valence-corrected chi connectivity index (χ3v) is 3.29. The molecule has 2 aromatic rings. The van der Waals surface area contributed by atoms with Crippen LogP contribution in [0.15, 0.2) is 41.1 Å². The number of hydrogen-bond acceptors (Lipinski definition) is 4. The first-order valence-corrected chi connectivity index (χ1v) is 6.51. The second kappa shape index (κ2) is 6.29. The molecular formula is C14H11BrN2O3. The number of aryl methyl sites for hydroxylation is 1. The fraction of sp³-hybridized carbons (Fsp3) is 0.0714. The number of aliphatic carboxylic acids is 1. The van der Waals surface area contributed by atoms with E-state index < -0.39 is 5.97 Å². The minimum absolute atomic E-state index is 0.208. The maximum absolute atomic E-state index is 10.4. The first kappa shape index (κ1) is 14.2. The fourth-order valence-corrected chi connectivity index (χ4v) is 1.67. The number of ether oxygens (including phenoxy) is 1. The highest BCUT2D eigenvalue weighted by molar-refractivity contribution is 9.10. The van der Waals surface area contributed by atoms with Crippen molar-refractivity contribution in [2.75, 3.05) is 0 Å². The molecule has 0 unspecified atom stereocenters. The number of hydrogen-bond donors (Lipinski definition) is 1. The van der Waals surface area contributed by atoms with Crippen molar-refractivity contribution in [2.45, 2.75) is 6.92 Å². The lowest BCUT2D eigenvalue weighted by Gasteiger charge is -2.05. The third kappa shape index (κ3) is 3.89. The maximum atomic E-state index is 10.4. The average Bonchev–Trinajstić information content (AvgIpc) is 2.42. The van der Waals surface area contributed by atoms with Gasteiger partial charge in [0.1, 0.15) is 5.75 Å². The van der Waals surface area contributed by atoms with E-state index in [2.05, 4.69) is 25.9 Å². The minimum atomic E-state index is -1.02. The molecule has 6 heteroatoms. The Morgan fingerprint density at radius 1 is 1.35 bits per heavy atom. The smallest absolute Gasteiger partial charge is 0.328 e. The zero-order chi connectivity index (χ0) is 14.5. The highest BCUT2D eigenvalue weighted by atomic mass is 79.9. The number of nitrogens with zero attached hydrogens (tertiary/aromatic N) is 2. The zero-order valence-electron chi connectivity index (χ0n) is 10.6. The summed E-state index contributed by atoms with van der Waals surface area (Å²) in [6, 6.07) is 5.76. The van der Waals surface area contributed by atoms with E-state index in [1.54, 1.807) is 6.07 Å². The van der Waals surface area contributed by atoms with Crippen molar-refractivity contribution in [3.63, 3.8) is 0 Å². The van der Waals surface area contributed by atoms with Crippen molar-refractivity contribution in [1.82, 2.24) is 9.97 Å². The lowest BCUT2D eigenvalue weighted by Crippen LogP contribution is -1.93. The quantitative estimate of drug-likeness (QED) is 0.867. The molecule has 1 N–H and O–H groups in total. The van der Waals surface area contributed by atoms with Gasteiger partial charge in [0, 0.05) is 28.5 Å². The van der Waals surface area contributed by atoms with E-state index >= 15 is 0 Å². The van der Waals surface area contributed by atoms with Crippen LogP contribution < -0.4 is 4.74 Å². The first-order chi connectivity index (χ1) is 9.54. The summed E-state index contributed by atoms with van der Waals surface area (Å²) in [5, 5.41) is 8.52. The van der Waals surface area contributed by atoms with Gasteiger partial charge in [-0.05, 0) is 36.8 Å². The summed E-state index contributed by atoms with van der Waals surface area (Å²) in [5.41, 5.74) is 1.63. The van der Waals surface area contributed by atoms with Gasteiger partial charge in [0.25, 0.3) is 0 Å². The van der Waals surface area contributed by atoms with Crippen LogP contribution in [-0.4, -0.2) is 21.0 Å². The predicted molar refractivity (Wildman–Crippen MR) is 77.7 cm³/mol. The van der Waals surface area contributed by atoms with E-state index in [-0.39, 0.29) is 6.01 Å². The van der Waals surface area contributed by atoms with Gasteiger partial charge < -0.3 is 9.84 Å². The topological polar surface area (TPSA) is 72.3 Å². The van der Waals surface area contributed by atoms with Crippen LogP contribution in [0.5, 0.6) is 11.8 Å². The van der Waals surface area contributed by atoms with Crippen LogP contribution in [0.25, 0.3) is 6.08 Å². The molecule has 0 aliphatic rings. The molecule has 0 amide bonds. The molecule has 0 atom stereocenters. The Morgan fingerprint density at radius 3 is 2.65 bits per heavy atom. The highest BCUT2D eigenvalue weighted by Crippen LogP contribution is 2.24. The van der Waals surface area contributed by atoms with Crippen molar-refractivity contribution in [3.8, 4) is 11.8 Å². The Hall–Kier alpha value is -2.21. The Labute approximate surface area is 124 Å². The summed E-state index contributed by atoms with van der Waals surface area (Å²) in [4.78, 5) is 18.4. The van der Waals surface area contributed by atoms with Crippen molar-refractivity contribution >= 4 is 28.0 Å². The van der Waals surface area contributed by atoms with Gasteiger partial charge in [-0.1, -0.05) is 15.9 Å². The molecule has 5 nitrogen and oxygen atoms in total. The molecule has 0 spiro atoms. The number of carboxylic acids is 1. The summed E-state index contributed by atoms with van der Waals surface area (Å²) in [7, 11) is 0. The second-order valence-electron chi connectivity index (χ2n) is 3.98. The van der Waals surface area contributed by atoms with Gasteiger partial charge in [0.05, 0.1) is 0 Å². The van der Waals surface area contributed by atoms with Gasteiger partial charge in [-0.3, -0.25) is 0 Å². The molecule has 0 aliphatic carbocycles. The molecule has 0 fully saturated rings. The lowest BCUT2D eigenvalue weighted by atomic mass is 10.2. The molecule has 0 saturated heterocycles. The largest absolute Gasteiger partial charge is 0.478 e. The van der Waals surface area contributed by atoms with Crippen LogP contribution in [0.3, 0.4) is 0 Å². The van der Waals surface area contributed by atoms with Crippen LogP contribution in [0.4, 0.5) is 0 Å². The molecule has 0 bridgehead atoms. The summed E-state index contributed by atoms with van der Waals surface area (Å²) < 4.78 is 6.51. The van der Waals surface area contributed by atoms with Gasteiger partial charge in [-0.25, -0.2) is 14.8 Å². The molecule has 0 radical (unpaired) electrons. The predicted octanol–water partition coefficient (Wildman–Crippen LogP) is 3.44. The Bertz CT molecular complexity index is 654. The second-order valence-corrected chi connectivity index (χ2v) is 4.84. The number of carboxylic acid groups (broad SMARTS) is 1. The first-order valence-electron chi connectivity index (χ1n) is 5.71. The minimum Gasteiger partial charge on any atom is -0.478 e. The molecule has 102 valence electrons. The SMILES string of the molecule is Cc1cc(Oc2ncc(/C=C/C(=O)O)cn2)ccc1Br. The van der Waals surface area contributed by atoms with Gasteiger partial charge in [-0.2, -0.15) is 0 Å². The van der Waals surface area contributed by atoms with Crippen molar-refractivity contribution in [3.05, 3.63) is 52.3 Å². The molecule has 1 aromatic carbocycles. The van der Waals surface area contributed by atoms with E-state index in [9.17, 15) is 4.79 Å². The zero-order valence-corrected chi connectivity index (χ0v) is 12.2. The van der Waals surface area contributed by atoms with Gasteiger partial charge in [0.15, 0.2) is 0 Å². The summed E-state index contributed by atoms with van der Waals surface area (Å²) >= 11 is 3.41. The normalized spacial score (nSPS) is 10.7. The van der Waals surface area contributed by atoms with Crippen LogP contribution in [0.1, 0.15) is 11.1 Å². The number of aromatic nitrogens is 2. The summed E-state index contributed by atoms with van der Waals surface area (Å²) in [5.74, 6) is -0.379. The van der Waals surface area contributed by atoms with Crippen molar-refractivity contribution < 1.29 is 14.6 Å². The highest BCUT2D eigenvalue weighted by Gasteiger charge is 2.02. The lowest BCUT2D eigenvalue weighted by molar-refractivity contribution is -0.131. The monoisotopic (exact) mass is 334 g/mol. The average molecular weight is 335 g/mol. The number of carbonyl (C=O) groups is 1. The molecule has 1 aromatic heterocycles. The standard InChI is InChI=1S/C14H11BrN2O3/c1-9-6-11(3-4-12(9)15)20-14-16-7-10(8-17-14)2-5-13(18)19/h2-8H,1H3,(H,18,19)/b5-2+. The van der Waals surface area contributed by atoms with Crippen LogP contribution >= 0.6 is 15.9 Å². The molecular weight excluding hydrogens is 324 g/mol. The number of halogens is 1. The van der Waals surface area contributed by atoms with Crippen LogP contribution in [0, 0.1) is 6.92 Å². The van der Waals surface area contributed by atoms with Crippen LogP contribution in [0.2, 0.25) is 0 Å². The van der Waals surface area contributed by atoms with E-state index in [1.165, 1.54) is 18.5 Å². The van der Waals surface area contributed by atoms with Crippen molar-refractivity contribution in [1.29, 1.82) is 0 Å². The Morgan fingerprint density at radius 2 is 2.05 bits per heavy atom. The Kier molecular flexibility index (Phi) is 4.47. The van der Waals surface area contributed by atoms with E-state index in [0.29, 0.717) is 11.3 Å². The molecule has 1 heterocycles. The van der Waals surface area contributed by atoms with Gasteiger partial charge in [-0.15, -0.1) is 0 Å². The number of benzene rings is 1. The van der Waals surface area contributed by atoms with E-state index in [1.807, 2.05) is 19.1 Å². The van der Waals surface area contributed by atoms with Crippen LogP contribution in [-0.2, 0) is 4.79 Å². The molecule has 0 aliphatic heterocycles. The molecule has 2 rings (SSSR count). The summed E-state index contributed by atoms with van der Waals surface area (Å²) in [6.45, 7) is 1.96. The maximum Gasteiger partial charge on any atom is 0.328 e. The fourth-order valence-electron chi connectivity index (χ4n) is 1.42.